The number of aliphatic hydroxyl groups excluding tert-OH is 2. The molecule has 6 N–H and O–H groups in total. The quantitative estimate of drug-likeness (QED) is 0.341. The molecule has 3 rings (SSSR count). The second kappa shape index (κ2) is 10.8. The molecule has 1 aromatic carbocycles. The first-order valence-corrected chi connectivity index (χ1v) is 12.2. The number of nitrogens with two attached hydrogens (primary N) is 1. The molecule has 0 spiro atoms. The number of piperidine rings is 1. The lowest BCUT2D eigenvalue weighted by atomic mass is 9.77. The Labute approximate surface area is 196 Å². The van der Waals surface area contributed by atoms with Crippen molar-refractivity contribution in [2.75, 3.05) is 19.7 Å². The molecule has 33 heavy (non-hydrogen) atoms. The zero-order valence-corrected chi connectivity index (χ0v) is 19.8. The molecule has 2 amide bonds. The minimum absolute atomic E-state index is 0.0249. The van der Waals surface area contributed by atoms with Crippen molar-refractivity contribution in [2.24, 2.45) is 11.7 Å². The molecule has 2 aliphatic rings. The van der Waals surface area contributed by atoms with Crippen LogP contribution in [0.3, 0.4) is 0 Å². The Hall–Kier alpha value is -2.16. The van der Waals surface area contributed by atoms with E-state index in [0.717, 1.165) is 50.5 Å². The average molecular weight is 462 g/mol. The number of rotatable bonds is 11. The Balaban J connectivity index is 1.77. The molecule has 8 nitrogen and oxygen atoms in total. The number of phenols is 1. The highest BCUT2D eigenvalue weighted by atomic mass is 16.3. The Morgan fingerprint density at radius 3 is 2.67 bits per heavy atom. The number of aliphatic hydroxyl groups is 2. The van der Waals surface area contributed by atoms with Crippen molar-refractivity contribution < 1.29 is 24.9 Å². The number of amides is 2. The molecular formula is C25H39N3O5. The van der Waals surface area contributed by atoms with Crippen molar-refractivity contribution in [3.8, 4) is 5.75 Å². The molecule has 0 aromatic heterocycles. The molecule has 8 heteroatoms. The van der Waals surface area contributed by atoms with E-state index in [1.54, 1.807) is 17.0 Å². The maximum atomic E-state index is 12.8. The van der Waals surface area contributed by atoms with Crippen molar-refractivity contribution >= 4 is 11.8 Å². The summed E-state index contributed by atoms with van der Waals surface area (Å²) in [4.78, 5) is 26.2. The monoisotopic (exact) mass is 461 g/mol. The van der Waals surface area contributed by atoms with E-state index in [0.29, 0.717) is 25.0 Å². The number of primary amides is 1. The smallest absolute Gasteiger partial charge is 0.253 e. The van der Waals surface area contributed by atoms with Crippen LogP contribution in [0, 0.1) is 5.92 Å². The van der Waals surface area contributed by atoms with Gasteiger partial charge in [0.1, 0.15) is 5.75 Å². The van der Waals surface area contributed by atoms with Gasteiger partial charge in [0.05, 0.1) is 12.2 Å². The summed E-state index contributed by atoms with van der Waals surface area (Å²) in [5.74, 6) is -0.657. The molecule has 1 aromatic rings. The summed E-state index contributed by atoms with van der Waals surface area (Å²) in [5.41, 5.74) is 6.15. The fourth-order valence-corrected chi connectivity index (χ4v) is 5.68. The van der Waals surface area contributed by atoms with E-state index in [9.17, 15) is 24.9 Å². The Morgan fingerprint density at radius 2 is 2.03 bits per heavy atom. The third-order valence-electron chi connectivity index (χ3n) is 7.72. The SMILES string of the molecule is CCC(CC)CN(CCC12CCC(CC(c3cccc(C(N)=O)c3O)C1)N2)C(=O)[C@@H](O)CO. The molecule has 0 radical (unpaired) electrons. The van der Waals surface area contributed by atoms with E-state index in [2.05, 4.69) is 19.2 Å². The number of fused-ring (bicyclic) bond motifs is 2. The van der Waals surface area contributed by atoms with Crippen LogP contribution in [-0.2, 0) is 4.79 Å². The van der Waals surface area contributed by atoms with Gasteiger partial charge >= 0.3 is 0 Å². The Morgan fingerprint density at radius 1 is 1.30 bits per heavy atom. The van der Waals surface area contributed by atoms with Gasteiger partial charge in [-0.1, -0.05) is 38.8 Å². The number of carbonyl (C=O) groups excluding carboxylic acids is 2. The van der Waals surface area contributed by atoms with Crippen LogP contribution in [0.2, 0.25) is 0 Å². The highest BCUT2D eigenvalue weighted by Gasteiger charge is 2.46. The molecule has 2 bridgehead atoms. The van der Waals surface area contributed by atoms with Gasteiger partial charge < -0.3 is 31.3 Å². The van der Waals surface area contributed by atoms with Crippen LogP contribution in [0.15, 0.2) is 18.2 Å². The number of hydrogen-bond donors (Lipinski definition) is 5. The van der Waals surface area contributed by atoms with E-state index in [1.165, 1.54) is 0 Å². The maximum Gasteiger partial charge on any atom is 0.253 e. The molecule has 4 atom stereocenters. The first kappa shape index (κ1) is 25.5. The van der Waals surface area contributed by atoms with Gasteiger partial charge in [-0.3, -0.25) is 9.59 Å². The van der Waals surface area contributed by atoms with Crippen LogP contribution >= 0.6 is 0 Å². The van der Waals surface area contributed by atoms with Crippen molar-refractivity contribution in [3.05, 3.63) is 29.3 Å². The van der Waals surface area contributed by atoms with Crippen LogP contribution in [0.1, 0.15) is 80.6 Å². The third kappa shape index (κ3) is 5.67. The molecule has 3 unspecified atom stereocenters. The zero-order valence-electron chi connectivity index (χ0n) is 19.8. The van der Waals surface area contributed by atoms with Crippen LogP contribution in [0.5, 0.6) is 5.75 Å². The molecule has 0 saturated carbocycles. The minimum atomic E-state index is -1.39. The summed E-state index contributed by atoms with van der Waals surface area (Å²) < 4.78 is 0. The summed E-state index contributed by atoms with van der Waals surface area (Å²) in [6.07, 6.45) is 4.87. The second-order valence-corrected chi connectivity index (χ2v) is 9.82. The average Bonchev–Trinajstić information content (AvgIpc) is 3.12. The van der Waals surface area contributed by atoms with Gasteiger partial charge in [-0.25, -0.2) is 0 Å². The summed E-state index contributed by atoms with van der Waals surface area (Å²) in [5, 5.41) is 33.7. The van der Waals surface area contributed by atoms with Crippen LogP contribution in [0.25, 0.3) is 0 Å². The van der Waals surface area contributed by atoms with E-state index in [4.69, 9.17) is 5.73 Å². The largest absolute Gasteiger partial charge is 0.507 e. The molecule has 2 heterocycles. The van der Waals surface area contributed by atoms with E-state index < -0.39 is 24.5 Å². The minimum Gasteiger partial charge on any atom is -0.507 e. The van der Waals surface area contributed by atoms with Gasteiger partial charge in [0.25, 0.3) is 11.8 Å². The molecule has 184 valence electrons. The first-order valence-electron chi connectivity index (χ1n) is 12.2. The summed E-state index contributed by atoms with van der Waals surface area (Å²) in [6, 6.07) is 5.48. The van der Waals surface area contributed by atoms with Crippen molar-refractivity contribution in [1.29, 1.82) is 0 Å². The van der Waals surface area contributed by atoms with E-state index in [1.807, 2.05) is 6.07 Å². The second-order valence-electron chi connectivity index (χ2n) is 9.82. The van der Waals surface area contributed by atoms with Gasteiger partial charge in [-0.15, -0.1) is 0 Å². The Bertz CT molecular complexity index is 843. The Kier molecular flexibility index (Phi) is 8.37. The number of nitrogens with zero attached hydrogens (tertiary/aromatic N) is 1. The van der Waals surface area contributed by atoms with Gasteiger partial charge in [0.2, 0.25) is 0 Å². The maximum absolute atomic E-state index is 12.8. The van der Waals surface area contributed by atoms with Gasteiger partial charge in [0, 0.05) is 24.7 Å². The first-order chi connectivity index (χ1) is 15.7. The number of carbonyl (C=O) groups is 2. The van der Waals surface area contributed by atoms with Crippen LogP contribution in [-0.4, -0.2) is 69.4 Å². The lowest BCUT2D eigenvalue weighted by Gasteiger charge is -2.41. The van der Waals surface area contributed by atoms with E-state index >= 15 is 0 Å². The number of hydrogen-bond acceptors (Lipinski definition) is 6. The standard InChI is InChI=1S/C25H39N3O5/c1-3-16(4-2)14-28(24(33)21(30)15-29)11-10-25-9-8-18(27-25)12-17(13-25)19-6-5-7-20(22(19)31)23(26)32/h5-7,16-18,21,27,29-31H,3-4,8-15H2,1-2H3,(H2,26,32)/t17?,18?,21-,25?/m0/s1. The number of nitrogens with one attached hydrogen (secondary N) is 1. The zero-order chi connectivity index (χ0) is 24.2. The van der Waals surface area contributed by atoms with Gasteiger partial charge in [0.15, 0.2) is 6.10 Å². The van der Waals surface area contributed by atoms with Crippen molar-refractivity contribution in [3.63, 3.8) is 0 Å². The molecule has 2 saturated heterocycles. The third-order valence-corrected chi connectivity index (χ3v) is 7.72. The van der Waals surface area contributed by atoms with E-state index in [-0.39, 0.29) is 22.8 Å². The fourth-order valence-electron chi connectivity index (χ4n) is 5.68. The summed E-state index contributed by atoms with van der Waals surface area (Å²) in [7, 11) is 0. The van der Waals surface area contributed by atoms with Crippen molar-refractivity contribution in [2.45, 2.75) is 82.4 Å². The van der Waals surface area contributed by atoms with Crippen LogP contribution < -0.4 is 11.1 Å². The molecular weight excluding hydrogens is 422 g/mol. The van der Waals surface area contributed by atoms with Crippen molar-refractivity contribution in [1.82, 2.24) is 10.2 Å². The number of para-hydroxylation sites is 1. The lowest BCUT2D eigenvalue weighted by molar-refractivity contribution is -0.143. The van der Waals surface area contributed by atoms with Gasteiger partial charge in [-0.05, 0) is 55.6 Å². The number of benzene rings is 1. The highest BCUT2D eigenvalue weighted by molar-refractivity contribution is 5.96. The van der Waals surface area contributed by atoms with Crippen LogP contribution in [0.4, 0.5) is 0 Å². The predicted octanol–water partition coefficient (Wildman–Crippen LogP) is 1.87. The summed E-state index contributed by atoms with van der Waals surface area (Å²) >= 11 is 0. The molecule has 2 aliphatic heterocycles. The molecule has 2 fully saturated rings. The summed E-state index contributed by atoms with van der Waals surface area (Å²) in [6.45, 7) is 4.67. The topological polar surface area (TPSA) is 136 Å². The fraction of sp³-hybridized carbons (Fsp3) is 0.680. The predicted molar refractivity (Wildman–Crippen MR) is 126 cm³/mol. The lowest BCUT2D eigenvalue weighted by Crippen LogP contribution is -2.52. The molecule has 0 aliphatic carbocycles. The number of aromatic hydroxyl groups is 1. The normalized spacial score (nSPS) is 25.2. The highest BCUT2D eigenvalue weighted by Crippen LogP contribution is 2.47. The van der Waals surface area contributed by atoms with Gasteiger partial charge in [-0.2, -0.15) is 0 Å².